The van der Waals surface area contributed by atoms with Crippen LogP contribution in [0.4, 0.5) is 0 Å². The molecule has 13 heavy (non-hydrogen) atoms. The Balaban J connectivity index is 2.71. The molecule has 0 amide bonds. The first kappa shape index (κ1) is 9.78. The van der Waals surface area contributed by atoms with Gasteiger partial charge in [0.1, 0.15) is 6.10 Å². The predicted octanol–water partition coefficient (Wildman–Crippen LogP) is 2.62. The van der Waals surface area contributed by atoms with E-state index in [1.807, 2.05) is 38.1 Å². The van der Waals surface area contributed by atoms with Gasteiger partial charge in [-0.15, -0.1) is 0 Å². The fraction of sp³-hybridized carbons (Fsp3) is 0.364. The molecule has 2 nitrogen and oxygen atoms in total. The summed E-state index contributed by atoms with van der Waals surface area (Å²) >= 11 is 0. The summed E-state index contributed by atoms with van der Waals surface area (Å²) < 4.78 is 5.04. The van der Waals surface area contributed by atoms with Gasteiger partial charge in [0.25, 0.3) is 0 Å². The first-order valence-electron chi connectivity index (χ1n) is 4.33. The van der Waals surface area contributed by atoms with Gasteiger partial charge in [-0.1, -0.05) is 29.8 Å². The Kier molecular flexibility index (Phi) is 3.07. The van der Waals surface area contributed by atoms with E-state index in [0.29, 0.717) is 0 Å². The van der Waals surface area contributed by atoms with Crippen molar-refractivity contribution in [2.45, 2.75) is 26.9 Å². The Labute approximate surface area is 78.5 Å². The van der Waals surface area contributed by atoms with Crippen molar-refractivity contribution >= 4 is 5.97 Å². The van der Waals surface area contributed by atoms with Crippen molar-refractivity contribution in [2.24, 2.45) is 0 Å². The number of hydrogen-bond donors (Lipinski definition) is 0. The summed E-state index contributed by atoms with van der Waals surface area (Å²) in [7, 11) is 0. The van der Waals surface area contributed by atoms with Crippen molar-refractivity contribution in [2.75, 3.05) is 0 Å². The van der Waals surface area contributed by atoms with Gasteiger partial charge in [-0.3, -0.25) is 4.79 Å². The Bertz CT molecular complexity index is 287. The molecule has 0 unspecified atom stereocenters. The van der Waals surface area contributed by atoms with Gasteiger partial charge in [0.15, 0.2) is 0 Å². The van der Waals surface area contributed by atoms with Crippen LogP contribution >= 0.6 is 0 Å². The minimum Gasteiger partial charge on any atom is -0.458 e. The standard InChI is InChI=1S/C11H14O2/c1-8-4-6-11(7-5-8)9(2)13-10(3)12/h4-7,9H,1-3H3/t9-/m1/s1. The first-order valence-corrected chi connectivity index (χ1v) is 4.33. The van der Waals surface area contributed by atoms with Crippen molar-refractivity contribution in [1.82, 2.24) is 0 Å². The molecule has 70 valence electrons. The summed E-state index contributed by atoms with van der Waals surface area (Å²) in [4.78, 5) is 10.7. The largest absolute Gasteiger partial charge is 0.458 e. The fourth-order valence-electron chi connectivity index (χ4n) is 1.15. The lowest BCUT2D eigenvalue weighted by molar-refractivity contribution is -0.145. The average molecular weight is 178 g/mol. The zero-order valence-corrected chi connectivity index (χ0v) is 8.20. The monoisotopic (exact) mass is 178 g/mol. The number of carbonyl (C=O) groups excluding carboxylic acids is 1. The summed E-state index contributed by atoms with van der Waals surface area (Å²) in [6.45, 7) is 5.32. The highest BCUT2D eigenvalue weighted by Crippen LogP contribution is 2.16. The molecule has 0 aliphatic carbocycles. The van der Waals surface area contributed by atoms with Crippen molar-refractivity contribution in [1.29, 1.82) is 0 Å². The Morgan fingerprint density at radius 1 is 1.31 bits per heavy atom. The molecule has 0 aromatic heterocycles. The van der Waals surface area contributed by atoms with E-state index in [9.17, 15) is 4.79 Å². The maximum atomic E-state index is 10.7. The molecule has 0 saturated heterocycles. The van der Waals surface area contributed by atoms with E-state index in [0.717, 1.165) is 5.56 Å². The van der Waals surface area contributed by atoms with Gasteiger partial charge in [0.05, 0.1) is 0 Å². The highest BCUT2D eigenvalue weighted by Gasteiger charge is 2.06. The molecule has 0 radical (unpaired) electrons. The molecule has 0 spiro atoms. The topological polar surface area (TPSA) is 26.3 Å². The van der Waals surface area contributed by atoms with E-state index in [1.54, 1.807) is 0 Å². The molecule has 0 fully saturated rings. The molecule has 2 heteroatoms. The van der Waals surface area contributed by atoms with Gasteiger partial charge in [0.2, 0.25) is 0 Å². The number of rotatable bonds is 2. The highest BCUT2D eigenvalue weighted by atomic mass is 16.5. The van der Waals surface area contributed by atoms with Crippen LogP contribution in [-0.2, 0) is 9.53 Å². The third-order valence-corrected chi connectivity index (χ3v) is 1.89. The number of carbonyl (C=O) groups is 1. The van der Waals surface area contributed by atoms with Gasteiger partial charge in [-0.25, -0.2) is 0 Å². The first-order chi connectivity index (χ1) is 6.09. The summed E-state index contributed by atoms with van der Waals surface area (Å²) in [6.07, 6.45) is -0.155. The molecule has 1 aromatic rings. The maximum absolute atomic E-state index is 10.7. The molecule has 0 bridgehead atoms. The van der Waals surface area contributed by atoms with Crippen LogP contribution in [0.1, 0.15) is 31.1 Å². The number of aryl methyl sites for hydroxylation is 1. The van der Waals surface area contributed by atoms with Crippen LogP contribution in [0.25, 0.3) is 0 Å². The Morgan fingerprint density at radius 2 is 1.85 bits per heavy atom. The minimum absolute atomic E-state index is 0.155. The van der Waals surface area contributed by atoms with Crippen LogP contribution in [0.15, 0.2) is 24.3 Å². The molecule has 0 heterocycles. The lowest BCUT2D eigenvalue weighted by atomic mass is 10.1. The number of ether oxygens (including phenoxy) is 1. The van der Waals surface area contributed by atoms with E-state index in [2.05, 4.69) is 0 Å². The maximum Gasteiger partial charge on any atom is 0.303 e. The summed E-state index contributed by atoms with van der Waals surface area (Å²) in [6, 6.07) is 7.97. The zero-order valence-electron chi connectivity index (χ0n) is 8.20. The predicted molar refractivity (Wildman–Crippen MR) is 51.4 cm³/mol. The molecule has 1 atom stereocenters. The van der Waals surface area contributed by atoms with Crippen molar-refractivity contribution in [3.63, 3.8) is 0 Å². The summed E-state index contributed by atoms with van der Waals surface area (Å²) in [5.74, 6) is -0.243. The van der Waals surface area contributed by atoms with Crippen LogP contribution in [-0.4, -0.2) is 5.97 Å². The molecule has 0 aliphatic heterocycles. The van der Waals surface area contributed by atoms with Crippen LogP contribution < -0.4 is 0 Å². The van der Waals surface area contributed by atoms with Gasteiger partial charge in [-0.2, -0.15) is 0 Å². The van der Waals surface area contributed by atoms with E-state index < -0.39 is 0 Å². The second kappa shape index (κ2) is 4.08. The lowest BCUT2D eigenvalue weighted by Gasteiger charge is -2.11. The van der Waals surface area contributed by atoms with Gasteiger partial charge >= 0.3 is 5.97 Å². The minimum atomic E-state index is -0.243. The quantitative estimate of drug-likeness (QED) is 0.651. The van der Waals surface area contributed by atoms with Crippen LogP contribution in [0.2, 0.25) is 0 Å². The third-order valence-electron chi connectivity index (χ3n) is 1.89. The molecule has 1 rings (SSSR count). The number of benzene rings is 1. The molecule has 0 N–H and O–H groups in total. The Morgan fingerprint density at radius 3 is 2.31 bits per heavy atom. The lowest BCUT2D eigenvalue weighted by Crippen LogP contribution is -2.04. The molecule has 0 saturated carbocycles. The van der Waals surface area contributed by atoms with E-state index in [-0.39, 0.29) is 12.1 Å². The highest BCUT2D eigenvalue weighted by molar-refractivity contribution is 5.66. The normalized spacial score (nSPS) is 12.2. The molecule has 1 aromatic carbocycles. The number of esters is 1. The molecular weight excluding hydrogens is 164 g/mol. The van der Waals surface area contributed by atoms with Crippen molar-refractivity contribution in [3.8, 4) is 0 Å². The smallest absolute Gasteiger partial charge is 0.303 e. The van der Waals surface area contributed by atoms with Gasteiger partial charge in [-0.05, 0) is 19.4 Å². The third kappa shape index (κ3) is 2.90. The Hall–Kier alpha value is -1.31. The summed E-state index contributed by atoms with van der Waals surface area (Å²) in [5.41, 5.74) is 2.24. The summed E-state index contributed by atoms with van der Waals surface area (Å²) in [5, 5.41) is 0. The van der Waals surface area contributed by atoms with E-state index in [4.69, 9.17) is 4.74 Å². The average Bonchev–Trinajstić information content (AvgIpc) is 2.04. The second-order valence-electron chi connectivity index (χ2n) is 3.16. The molecular formula is C11H14O2. The zero-order chi connectivity index (χ0) is 9.84. The fourth-order valence-corrected chi connectivity index (χ4v) is 1.15. The number of hydrogen-bond acceptors (Lipinski definition) is 2. The SMILES string of the molecule is CC(=O)O[C@H](C)c1ccc(C)cc1. The van der Waals surface area contributed by atoms with Gasteiger partial charge < -0.3 is 4.74 Å². The van der Waals surface area contributed by atoms with E-state index in [1.165, 1.54) is 12.5 Å². The van der Waals surface area contributed by atoms with Crippen LogP contribution in [0.3, 0.4) is 0 Å². The van der Waals surface area contributed by atoms with Crippen LogP contribution in [0, 0.1) is 6.92 Å². The van der Waals surface area contributed by atoms with E-state index >= 15 is 0 Å². The van der Waals surface area contributed by atoms with Gasteiger partial charge in [0, 0.05) is 6.92 Å². The second-order valence-corrected chi connectivity index (χ2v) is 3.16. The van der Waals surface area contributed by atoms with Crippen molar-refractivity contribution in [3.05, 3.63) is 35.4 Å². The molecule has 0 aliphatic rings. The van der Waals surface area contributed by atoms with Crippen LogP contribution in [0.5, 0.6) is 0 Å². The van der Waals surface area contributed by atoms with Crippen molar-refractivity contribution < 1.29 is 9.53 Å².